The van der Waals surface area contributed by atoms with Gasteiger partial charge in [-0.3, -0.25) is 0 Å². The Bertz CT molecular complexity index is 3450. The van der Waals surface area contributed by atoms with Crippen LogP contribution in [0.2, 0.25) is 0 Å². The minimum atomic E-state index is -0.420. The van der Waals surface area contributed by atoms with Gasteiger partial charge in [0.1, 0.15) is 0 Å². The molecule has 0 heterocycles. The fraction of sp³-hybridized carbons (Fsp3) is 0.0169. The lowest BCUT2D eigenvalue weighted by Gasteiger charge is -2.31. The molecular formula is C59H36. The lowest BCUT2D eigenvalue weighted by Crippen LogP contribution is -2.26. The predicted octanol–water partition coefficient (Wildman–Crippen LogP) is 15.6. The van der Waals surface area contributed by atoms with Crippen LogP contribution in [0.25, 0.3) is 98.7 Å². The molecule has 0 aliphatic heterocycles. The van der Waals surface area contributed by atoms with E-state index >= 15 is 0 Å². The Morgan fingerprint density at radius 1 is 0.237 bits per heavy atom. The first-order valence-corrected chi connectivity index (χ1v) is 20.7. The Morgan fingerprint density at radius 3 is 1.46 bits per heavy atom. The Morgan fingerprint density at radius 2 is 0.763 bits per heavy atom. The molecular weight excluding hydrogens is 709 g/mol. The molecule has 0 N–H and O–H groups in total. The van der Waals surface area contributed by atoms with Gasteiger partial charge in [0, 0.05) is 0 Å². The summed E-state index contributed by atoms with van der Waals surface area (Å²) in [7, 11) is 0. The van der Waals surface area contributed by atoms with Crippen LogP contribution in [-0.4, -0.2) is 0 Å². The average Bonchev–Trinajstić information content (AvgIpc) is 3.77. The molecule has 11 aromatic rings. The molecule has 0 fully saturated rings. The van der Waals surface area contributed by atoms with Crippen LogP contribution in [0.3, 0.4) is 0 Å². The quantitative estimate of drug-likeness (QED) is 0.158. The van der Waals surface area contributed by atoms with Gasteiger partial charge < -0.3 is 0 Å². The average molecular weight is 745 g/mol. The summed E-state index contributed by atoms with van der Waals surface area (Å²) >= 11 is 0. The van der Waals surface area contributed by atoms with Crippen molar-refractivity contribution in [3.05, 3.63) is 241 Å². The first-order valence-electron chi connectivity index (χ1n) is 20.7. The predicted molar refractivity (Wildman–Crippen MR) is 249 cm³/mol. The summed E-state index contributed by atoms with van der Waals surface area (Å²) in [5.41, 5.74) is 17.9. The summed E-state index contributed by atoms with van der Waals surface area (Å²) in [6.07, 6.45) is 0. The maximum Gasteiger partial charge on any atom is 0.0731 e. The molecule has 0 unspecified atom stereocenters. The van der Waals surface area contributed by atoms with Crippen LogP contribution in [0.1, 0.15) is 22.3 Å². The molecule has 2 aliphatic rings. The van der Waals surface area contributed by atoms with E-state index in [0.29, 0.717) is 0 Å². The van der Waals surface area contributed by atoms with Gasteiger partial charge in [-0.25, -0.2) is 0 Å². The second-order valence-electron chi connectivity index (χ2n) is 16.3. The molecule has 272 valence electrons. The summed E-state index contributed by atoms with van der Waals surface area (Å²) in [6.45, 7) is 0. The first-order chi connectivity index (χ1) is 29.3. The Kier molecular flexibility index (Phi) is 6.74. The molecule has 0 atom stereocenters. The molecule has 1 spiro atoms. The third-order valence-electron chi connectivity index (χ3n) is 13.4. The minimum Gasteiger partial charge on any atom is -0.0622 e. The number of hydrogen-bond donors (Lipinski definition) is 0. The van der Waals surface area contributed by atoms with Crippen molar-refractivity contribution in [1.29, 1.82) is 0 Å². The van der Waals surface area contributed by atoms with E-state index in [1.165, 1.54) is 121 Å². The first kappa shape index (κ1) is 32.5. The molecule has 0 saturated carbocycles. The van der Waals surface area contributed by atoms with Gasteiger partial charge in [0.25, 0.3) is 0 Å². The Balaban J connectivity index is 1.03. The summed E-state index contributed by atoms with van der Waals surface area (Å²) in [5.74, 6) is 0. The van der Waals surface area contributed by atoms with Crippen LogP contribution in [0.5, 0.6) is 0 Å². The topological polar surface area (TPSA) is 0 Å². The maximum atomic E-state index is 2.52. The summed E-state index contributed by atoms with van der Waals surface area (Å²) in [6, 6.07) is 81.8. The zero-order valence-electron chi connectivity index (χ0n) is 32.3. The largest absolute Gasteiger partial charge is 0.0731 e. The number of fused-ring (bicyclic) bond motifs is 15. The number of hydrogen-bond acceptors (Lipinski definition) is 0. The fourth-order valence-electron chi connectivity index (χ4n) is 11.0. The molecule has 0 amide bonds. The molecule has 11 aromatic carbocycles. The lowest BCUT2D eigenvalue weighted by atomic mass is 9.69. The summed E-state index contributed by atoms with van der Waals surface area (Å²) in [5, 5.41) is 10.2. The molecule has 0 bridgehead atoms. The highest BCUT2D eigenvalue weighted by atomic mass is 14.5. The van der Waals surface area contributed by atoms with Crippen LogP contribution in [-0.2, 0) is 5.41 Å². The third kappa shape index (κ3) is 4.43. The second kappa shape index (κ2) is 12.2. The van der Waals surface area contributed by atoms with Crippen LogP contribution in [0, 0.1) is 0 Å². The highest BCUT2D eigenvalue weighted by molar-refractivity contribution is 6.21. The van der Waals surface area contributed by atoms with Crippen molar-refractivity contribution in [3.63, 3.8) is 0 Å². The Hall–Kier alpha value is -7.54. The van der Waals surface area contributed by atoms with Crippen molar-refractivity contribution >= 4 is 43.1 Å². The van der Waals surface area contributed by atoms with Crippen molar-refractivity contribution in [2.24, 2.45) is 0 Å². The van der Waals surface area contributed by atoms with Gasteiger partial charge in [-0.15, -0.1) is 0 Å². The molecule has 0 aromatic heterocycles. The van der Waals surface area contributed by atoms with E-state index in [9.17, 15) is 0 Å². The van der Waals surface area contributed by atoms with Gasteiger partial charge in [0.05, 0.1) is 5.41 Å². The van der Waals surface area contributed by atoms with Crippen molar-refractivity contribution in [2.45, 2.75) is 5.41 Å². The zero-order chi connectivity index (χ0) is 38.7. The lowest BCUT2D eigenvalue weighted by molar-refractivity contribution is 0.802. The monoisotopic (exact) mass is 744 g/mol. The fourth-order valence-corrected chi connectivity index (χ4v) is 11.0. The number of rotatable bonds is 3. The van der Waals surface area contributed by atoms with Gasteiger partial charge in [0.15, 0.2) is 0 Å². The van der Waals surface area contributed by atoms with Gasteiger partial charge in [-0.2, -0.15) is 0 Å². The van der Waals surface area contributed by atoms with Gasteiger partial charge >= 0.3 is 0 Å². The van der Waals surface area contributed by atoms with E-state index in [1.807, 2.05) is 0 Å². The number of benzene rings is 11. The van der Waals surface area contributed by atoms with Crippen molar-refractivity contribution in [1.82, 2.24) is 0 Å². The van der Waals surface area contributed by atoms with E-state index in [-0.39, 0.29) is 0 Å². The molecule has 0 nitrogen and oxygen atoms in total. The Labute approximate surface area is 343 Å². The van der Waals surface area contributed by atoms with Crippen LogP contribution >= 0.6 is 0 Å². The third-order valence-corrected chi connectivity index (χ3v) is 13.4. The van der Waals surface area contributed by atoms with Crippen LogP contribution < -0.4 is 0 Å². The molecule has 13 rings (SSSR count). The van der Waals surface area contributed by atoms with Crippen molar-refractivity contribution < 1.29 is 0 Å². The van der Waals surface area contributed by atoms with E-state index in [1.54, 1.807) is 0 Å². The van der Waals surface area contributed by atoms with Crippen LogP contribution in [0.15, 0.2) is 218 Å². The van der Waals surface area contributed by atoms with Crippen LogP contribution in [0.4, 0.5) is 0 Å². The van der Waals surface area contributed by atoms with E-state index < -0.39 is 5.41 Å². The van der Waals surface area contributed by atoms with Crippen molar-refractivity contribution in [3.8, 4) is 55.6 Å². The molecule has 59 heavy (non-hydrogen) atoms. The maximum absolute atomic E-state index is 2.52. The van der Waals surface area contributed by atoms with Gasteiger partial charge in [-0.05, 0) is 145 Å². The standard InChI is InChI=1S/C59H36/c1-2-16-38(17-3-1)56-47-23-6-8-25-49(47)57(50-26-9-7-24-48(50)56)42-19-14-18-39(33-42)40-29-30-41-35-52-51-32-31-37-15-4-5-20-44(37)58(51)59(55(52)36-43(41)34-40)53-27-12-10-21-45(53)46-22-11-13-28-54(46)59/h1-36H. The molecule has 2 aliphatic carbocycles. The van der Waals surface area contributed by atoms with E-state index in [2.05, 4.69) is 218 Å². The summed E-state index contributed by atoms with van der Waals surface area (Å²) < 4.78 is 0. The van der Waals surface area contributed by atoms with Gasteiger partial charge in [0.2, 0.25) is 0 Å². The highest BCUT2D eigenvalue weighted by Gasteiger charge is 2.52. The van der Waals surface area contributed by atoms with Crippen molar-refractivity contribution in [2.75, 3.05) is 0 Å². The highest BCUT2D eigenvalue weighted by Crippen LogP contribution is 2.64. The molecule has 0 saturated heterocycles. The molecule has 0 radical (unpaired) electrons. The van der Waals surface area contributed by atoms with E-state index in [0.717, 1.165) is 0 Å². The molecule has 0 heteroatoms. The van der Waals surface area contributed by atoms with Gasteiger partial charge in [-0.1, -0.05) is 194 Å². The SMILES string of the molecule is c1ccc(-c2c3ccccc3c(-c3cccc(-c4ccc5cc6c(cc5c4)C4(c5ccccc5-c5ccccc54)c4c-6ccc5ccccc45)c3)c3ccccc23)cc1. The van der Waals surface area contributed by atoms with E-state index in [4.69, 9.17) is 0 Å². The minimum absolute atomic E-state index is 0.420. The smallest absolute Gasteiger partial charge is 0.0622 e. The zero-order valence-corrected chi connectivity index (χ0v) is 32.3. The normalized spacial score (nSPS) is 13.2. The second-order valence-corrected chi connectivity index (χ2v) is 16.3. The summed E-state index contributed by atoms with van der Waals surface area (Å²) in [4.78, 5) is 0.